The Morgan fingerprint density at radius 1 is 1.53 bits per heavy atom. The summed E-state index contributed by atoms with van der Waals surface area (Å²) in [7, 11) is 1.33. The highest BCUT2D eigenvalue weighted by molar-refractivity contribution is 7.17. The van der Waals surface area contributed by atoms with Crippen LogP contribution >= 0.6 is 11.3 Å². The lowest BCUT2D eigenvalue weighted by atomic mass is 10.3. The fraction of sp³-hybridized carbons (Fsp3) is 0.545. The molecule has 1 amide bonds. The third-order valence-corrected chi connectivity index (χ3v) is 3.90. The first kappa shape index (κ1) is 12.0. The summed E-state index contributed by atoms with van der Waals surface area (Å²) in [6, 6.07) is 0. The maximum Gasteiger partial charge on any atom is 0.350 e. The van der Waals surface area contributed by atoms with Crippen molar-refractivity contribution in [3.8, 4) is 0 Å². The molecule has 1 saturated carbocycles. The minimum atomic E-state index is -0.416. The van der Waals surface area contributed by atoms with Crippen LogP contribution in [-0.4, -0.2) is 24.0 Å². The molecule has 0 radical (unpaired) electrons. The van der Waals surface area contributed by atoms with Gasteiger partial charge in [-0.25, -0.2) is 9.78 Å². The molecular formula is C11H14N2O3S. The summed E-state index contributed by atoms with van der Waals surface area (Å²) in [6.45, 7) is 3.76. The molecule has 1 heterocycles. The summed E-state index contributed by atoms with van der Waals surface area (Å²) in [5.41, 5.74) is 0.584. The van der Waals surface area contributed by atoms with E-state index in [0.717, 1.165) is 17.8 Å². The number of carbonyl (C=O) groups excluding carboxylic acids is 2. The van der Waals surface area contributed by atoms with Gasteiger partial charge >= 0.3 is 5.97 Å². The second-order valence-electron chi connectivity index (χ2n) is 4.23. The molecule has 1 aliphatic carbocycles. The summed E-state index contributed by atoms with van der Waals surface area (Å²) >= 11 is 1.15. The van der Waals surface area contributed by atoms with Gasteiger partial charge in [-0.3, -0.25) is 4.79 Å². The van der Waals surface area contributed by atoms with E-state index >= 15 is 0 Å². The van der Waals surface area contributed by atoms with Crippen LogP contribution in [0.15, 0.2) is 0 Å². The van der Waals surface area contributed by atoms with Crippen molar-refractivity contribution in [2.75, 3.05) is 12.4 Å². The number of amides is 1. The molecule has 1 aliphatic rings. The van der Waals surface area contributed by atoms with Crippen LogP contribution in [0.4, 0.5) is 5.13 Å². The monoisotopic (exact) mass is 254 g/mol. The molecule has 17 heavy (non-hydrogen) atoms. The number of anilines is 1. The van der Waals surface area contributed by atoms with Gasteiger partial charge in [0.2, 0.25) is 5.91 Å². The predicted octanol–water partition coefficient (Wildman–Crippen LogP) is 1.83. The van der Waals surface area contributed by atoms with Gasteiger partial charge < -0.3 is 10.1 Å². The zero-order chi connectivity index (χ0) is 12.6. The minimum Gasteiger partial charge on any atom is -0.465 e. The number of aryl methyl sites for hydroxylation is 1. The number of nitrogens with one attached hydrogen (secondary N) is 1. The van der Waals surface area contributed by atoms with Crippen molar-refractivity contribution in [2.24, 2.45) is 11.8 Å². The number of hydrogen-bond acceptors (Lipinski definition) is 5. The summed E-state index contributed by atoms with van der Waals surface area (Å²) in [4.78, 5) is 27.6. The van der Waals surface area contributed by atoms with Gasteiger partial charge in [-0.2, -0.15) is 0 Å². The lowest BCUT2D eigenvalue weighted by Gasteiger charge is -1.98. The van der Waals surface area contributed by atoms with E-state index in [0.29, 0.717) is 21.6 Å². The molecule has 1 aromatic rings. The Labute approximate surface area is 103 Å². The smallest absolute Gasteiger partial charge is 0.350 e. The highest BCUT2D eigenvalue weighted by Crippen LogP contribution is 2.38. The number of ether oxygens (including phenoxy) is 1. The maximum atomic E-state index is 11.7. The van der Waals surface area contributed by atoms with E-state index in [9.17, 15) is 9.59 Å². The third kappa shape index (κ3) is 2.46. The molecule has 1 fully saturated rings. The van der Waals surface area contributed by atoms with Crippen molar-refractivity contribution in [2.45, 2.75) is 20.3 Å². The second kappa shape index (κ2) is 4.44. The van der Waals surface area contributed by atoms with Gasteiger partial charge in [-0.05, 0) is 19.3 Å². The summed E-state index contributed by atoms with van der Waals surface area (Å²) in [5, 5.41) is 3.20. The predicted molar refractivity (Wildman–Crippen MR) is 64.1 cm³/mol. The van der Waals surface area contributed by atoms with Crippen LogP contribution in [0, 0.1) is 18.8 Å². The molecular weight excluding hydrogens is 240 g/mol. The number of hydrogen-bond donors (Lipinski definition) is 1. The molecule has 6 heteroatoms. The zero-order valence-electron chi connectivity index (χ0n) is 9.94. The van der Waals surface area contributed by atoms with Gasteiger partial charge in [0.05, 0.1) is 12.8 Å². The largest absolute Gasteiger partial charge is 0.465 e. The van der Waals surface area contributed by atoms with Crippen LogP contribution in [0.2, 0.25) is 0 Å². The van der Waals surface area contributed by atoms with E-state index in [1.165, 1.54) is 7.11 Å². The van der Waals surface area contributed by atoms with Gasteiger partial charge in [0.1, 0.15) is 4.88 Å². The van der Waals surface area contributed by atoms with Gasteiger partial charge in [-0.1, -0.05) is 18.3 Å². The van der Waals surface area contributed by atoms with Crippen molar-refractivity contribution in [3.05, 3.63) is 10.6 Å². The number of rotatable bonds is 3. The average molecular weight is 254 g/mol. The van der Waals surface area contributed by atoms with Crippen LogP contribution in [0.1, 0.15) is 28.7 Å². The van der Waals surface area contributed by atoms with Crippen LogP contribution in [0.3, 0.4) is 0 Å². The molecule has 2 rings (SSSR count). The van der Waals surface area contributed by atoms with E-state index in [-0.39, 0.29) is 11.8 Å². The van der Waals surface area contributed by atoms with E-state index < -0.39 is 5.97 Å². The molecule has 2 atom stereocenters. The maximum absolute atomic E-state index is 11.7. The average Bonchev–Trinajstić information content (AvgIpc) is 2.91. The molecule has 1 N–H and O–H groups in total. The topological polar surface area (TPSA) is 68.3 Å². The van der Waals surface area contributed by atoms with E-state index in [2.05, 4.69) is 15.0 Å². The second-order valence-corrected chi connectivity index (χ2v) is 5.23. The molecule has 0 aliphatic heterocycles. The van der Waals surface area contributed by atoms with Crippen molar-refractivity contribution in [3.63, 3.8) is 0 Å². The van der Waals surface area contributed by atoms with Crippen LogP contribution in [0.25, 0.3) is 0 Å². The summed E-state index contributed by atoms with van der Waals surface area (Å²) in [6.07, 6.45) is 0.931. The molecule has 92 valence electrons. The van der Waals surface area contributed by atoms with Gasteiger partial charge in [0.15, 0.2) is 5.13 Å². The first-order valence-electron chi connectivity index (χ1n) is 5.39. The Hall–Kier alpha value is -1.43. The van der Waals surface area contributed by atoms with Crippen LogP contribution < -0.4 is 5.32 Å². The van der Waals surface area contributed by atoms with Crippen molar-refractivity contribution in [1.29, 1.82) is 0 Å². The molecule has 2 unspecified atom stereocenters. The standard InChI is InChI=1S/C11H14N2O3S/c1-5-4-7(5)9(14)13-11-12-6(2)8(17-11)10(15)16-3/h5,7H,4H2,1-3H3,(H,12,13,14). The first-order chi connectivity index (χ1) is 8.02. The number of nitrogens with zero attached hydrogens (tertiary/aromatic N) is 1. The van der Waals surface area contributed by atoms with Gasteiger partial charge in [0, 0.05) is 5.92 Å². The number of methoxy groups -OCH3 is 1. The minimum absolute atomic E-state index is 0.0114. The van der Waals surface area contributed by atoms with Crippen molar-refractivity contribution < 1.29 is 14.3 Å². The lowest BCUT2D eigenvalue weighted by Crippen LogP contribution is -2.14. The van der Waals surface area contributed by atoms with E-state index in [4.69, 9.17) is 0 Å². The highest BCUT2D eigenvalue weighted by atomic mass is 32.1. The van der Waals surface area contributed by atoms with Crippen LogP contribution in [0.5, 0.6) is 0 Å². The Morgan fingerprint density at radius 2 is 2.18 bits per heavy atom. The number of esters is 1. The van der Waals surface area contributed by atoms with Crippen LogP contribution in [-0.2, 0) is 9.53 Å². The van der Waals surface area contributed by atoms with Gasteiger partial charge in [-0.15, -0.1) is 0 Å². The SMILES string of the molecule is COC(=O)c1sc(NC(=O)C2CC2C)nc1C. The Balaban J connectivity index is 2.07. The molecule has 0 saturated heterocycles. The fourth-order valence-corrected chi connectivity index (χ4v) is 2.51. The van der Waals surface area contributed by atoms with E-state index in [1.54, 1.807) is 6.92 Å². The van der Waals surface area contributed by atoms with Crippen molar-refractivity contribution in [1.82, 2.24) is 4.98 Å². The molecule has 0 spiro atoms. The zero-order valence-corrected chi connectivity index (χ0v) is 10.8. The molecule has 5 nitrogen and oxygen atoms in total. The lowest BCUT2D eigenvalue weighted by molar-refractivity contribution is -0.117. The Morgan fingerprint density at radius 3 is 2.71 bits per heavy atom. The number of thiazole rings is 1. The third-order valence-electron chi connectivity index (χ3n) is 2.84. The number of carbonyl (C=O) groups is 2. The van der Waals surface area contributed by atoms with Crippen molar-refractivity contribution >= 4 is 28.3 Å². The normalized spacial score (nSPS) is 22.1. The Kier molecular flexibility index (Phi) is 3.15. The molecule has 0 aromatic carbocycles. The molecule has 0 bridgehead atoms. The molecule has 1 aromatic heterocycles. The Bertz CT molecular complexity index is 469. The summed E-state index contributed by atoms with van der Waals surface area (Å²) in [5.74, 6) is 0.125. The first-order valence-corrected chi connectivity index (χ1v) is 6.21. The summed E-state index contributed by atoms with van der Waals surface area (Å²) < 4.78 is 4.63. The van der Waals surface area contributed by atoms with Gasteiger partial charge in [0.25, 0.3) is 0 Å². The highest BCUT2D eigenvalue weighted by Gasteiger charge is 2.39. The fourth-order valence-electron chi connectivity index (χ4n) is 1.62. The number of aromatic nitrogens is 1. The quantitative estimate of drug-likeness (QED) is 0.836. The van der Waals surface area contributed by atoms with E-state index in [1.807, 2.05) is 6.92 Å².